The molecule has 0 saturated carbocycles. The van der Waals surface area contributed by atoms with Crippen LogP contribution >= 0.6 is 39.9 Å². The molecule has 1 aromatic heterocycles. The zero-order chi connectivity index (χ0) is 17.5. The molecule has 138 valence electrons. The molecule has 2 N–H and O–H groups in total. The van der Waals surface area contributed by atoms with Gasteiger partial charge in [-0.2, -0.15) is 0 Å². The Balaban J connectivity index is 0.00000312. The van der Waals surface area contributed by atoms with Crippen molar-refractivity contribution in [2.75, 3.05) is 6.54 Å². The van der Waals surface area contributed by atoms with Crippen LogP contribution in [-0.2, 0) is 13.1 Å². The fourth-order valence-electron chi connectivity index (χ4n) is 2.03. The zero-order valence-corrected chi connectivity index (χ0v) is 18.4. The Hall–Kier alpha value is -1.16. The van der Waals surface area contributed by atoms with Gasteiger partial charge in [0, 0.05) is 22.6 Å². The maximum Gasteiger partial charge on any atom is 0.191 e. The van der Waals surface area contributed by atoms with Crippen LogP contribution in [-0.4, -0.2) is 17.7 Å². The second-order valence-electron chi connectivity index (χ2n) is 5.66. The normalized spacial score (nSPS) is 11.4. The lowest BCUT2D eigenvalue weighted by molar-refractivity contribution is 0.372. The standard InChI is InChI=1S/C17H22BrFN4O.HI/c1-4-20-17(21-9-12-7-13(18)5-6-15(12)19)22-10-14-8-16(11(2)3)23-24-14;/h5-8,11H,4,9-10H2,1-3H3,(H2,20,21,22);1H. The predicted molar refractivity (Wildman–Crippen MR) is 112 cm³/mol. The van der Waals surface area contributed by atoms with Crippen molar-refractivity contribution in [3.63, 3.8) is 0 Å². The molecule has 8 heteroatoms. The average Bonchev–Trinajstić information content (AvgIpc) is 3.02. The summed E-state index contributed by atoms with van der Waals surface area (Å²) in [7, 11) is 0. The Labute approximate surface area is 173 Å². The lowest BCUT2D eigenvalue weighted by atomic mass is 10.1. The minimum absolute atomic E-state index is 0. The van der Waals surface area contributed by atoms with Crippen LogP contribution in [0.5, 0.6) is 0 Å². The van der Waals surface area contributed by atoms with Crippen molar-refractivity contribution in [3.05, 3.63) is 51.6 Å². The number of guanidine groups is 1. The van der Waals surface area contributed by atoms with Crippen LogP contribution in [0.2, 0.25) is 0 Å². The number of halogens is 3. The van der Waals surface area contributed by atoms with E-state index in [1.807, 2.05) is 13.0 Å². The van der Waals surface area contributed by atoms with E-state index in [0.717, 1.165) is 15.9 Å². The second-order valence-corrected chi connectivity index (χ2v) is 6.57. The van der Waals surface area contributed by atoms with E-state index in [1.54, 1.807) is 12.1 Å². The summed E-state index contributed by atoms with van der Waals surface area (Å²) in [6, 6.07) is 6.75. The van der Waals surface area contributed by atoms with Gasteiger partial charge in [0.25, 0.3) is 0 Å². The number of aromatic nitrogens is 1. The SMILES string of the molecule is CCNC(=NCc1cc(Br)ccc1F)NCc1cc(C(C)C)no1.I. The van der Waals surface area contributed by atoms with Gasteiger partial charge < -0.3 is 15.2 Å². The third-order valence-corrected chi connectivity index (χ3v) is 3.85. The van der Waals surface area contributed by atoms with Gasteiger partial charge in [-0.25, -0.2) is 9.38 Å². The lowest BCUT2D eigenvalue weighted by Gasteiger charge is -2.10. The Bertz CT molecular complexity index is 706. The summed E-state index contributed by atoms with van der Waals surface area (Å²) in [6.07, 6.45) is 0. The number of nitrogens with zero attached hydrogens (tertiary/aromatic N) is 2. The fourth-order valence-corrected chi connectivity index (χ4v) is 2.43. The Morgan fingerprint density at radius 3 is 2.72 bits per heavy atom. The number of nitrogens with one attached hydrogen (secondary N) is 2. The monoisotopic (exact) mass is 524 g/mol. The van der Waals surface area contributed by atoms with Gasteiger partial charge in [-0.05, 0) is 31.0 Å². The van der Waals surface area contributed by atoms with Crippen molar-refractivity contribution in [1.82, 2.24) is 15.8 Å². The molecule has 0 aliphatic heterocycles. The zero-order valence-electron chi connectivity index (χ0n) is 14.5. The van der Waals surface area contributed by atoms with Gasteiger partial charge in [-0.15, -0.1) is 24.0 Å². The highest BCUT2D eigenvalue weighted by Gasteiger charge is 2.08. The van der Waals surface area contributed by atoms with E-state index in [0.29, 0.717) is 30.5 Å². The van der Waals surface area contributed by atoms with Gasteiger partial charge in [-0.3, -0.25) is 0 Å². The van der Waals surface area contributed by atoms with Crippen molar-refractivity contribution in [3.8, 4) is 0 Å². The topological polar surface area (TPSA) is 62.5 Å². The minimum atomic E-state index is -0.269. The third kappa shape index (κ3) is 6.93. The number of hydrogen-bond acceptors (Lipinski definition) is 3. The third-order valence-electron chi connectivity index (χ3n) is 3.36. The van der Waals surface area contributed by atoms with Crippen molar-refractivity contribution < 1.29 is 8.91 Å². The first-order valence-corrected chi connectivity index (χ1v) is 8.70. The van der Waals surface area contributed by atoms with E-state index in [1.165, 1.54) is 6.07 Å². The lowest BCUT2D eigenvalue weighted by Crippen LogP contribution is -2.36. The van der Waals surface area contributed by atoms with Gasteiger partial charge in [0.15, 0.2) is 11.7 Å². The number of rotatable bonds is 6. The molecule has 0 aliphatic rings. The summed E-state index contributed by atoms with van der Waals surface area (Å²) in [5.74, 6) is 1.39. The van der Waals surface area contributed by atoms with Crippen LogP contribution in [0.3, 0.4) is 0 Å². The van der Waals surface area contributed by atoms with Gasteiger partial charge in [0.1, 0.15) is 5.82 Å². The van der Waals surface area contributed by atoms with E-state index in [-0.39, 0.29) is 36.3 Å². The molecule has 2 rings (SSSR count). The average molecular weight is 525 g/mol. The molecule has 2 aromatic rings. The van der Waals surface area contributed by atoms with Crippen molar-refractivity contribution in [1.29, 1.82) is 0 Å². The Morgan fingerprint density at radius 2 is 2.08 bits per heavy atom. The molecule has 5 nitrogen and oxygen atoms in total. The van der Waals surface area contributed by atoms with E-state index < -0.39 is 0 Å². The molecule has 0 saturated heterocycles. The molecule has 25 heavy (non-hydrogen) atoms. The molecular weight excluding hydrogens is 502 g/mol. The Morgan fingerprint density at radius 1 is 1.32 bits per heavy atom. The van der Waals surface area contributed by atoms with Crippen LogP contribution in [0.4, 0.5) is 4.39 Å². The fraction of sp³-hybridized carbons (Fsp3) is 0.412. The predicted octanol–water partition coefficient (Wildman–Crippen LogP) is 4.57. The molecule has 0 spiro atoms. The first-order valence-electron chi connectivity index (χ1n) is 7.91. The van der Waals surface area contributed by atoms with E-state index in [4.69, 9.17) is 4.52 Å². The summed E-state index contributed by atoms with van der Waals surface area (Å²) in [6.45, 7) is 7.52. The molecule has 0 amide bonds. The quantitative estimate of drug-likeness (QED) is 0.330. The maximum absolute atomic E-state index is 13.8. The summed E-state index contributed by atoms with van der Waals surface area (Å²) in [5, 5.41) is 10.3. The van der Waals surface area contributed by atoms with Crippen molar-refractivity contribution in [2.24, 2.45) is 4.99 Å². The summed E-state index contributed by atoms with van der Waals surface area (Å²) in [5.41, 5.74) is 1.45. The molecule has 0 bridgehead atoms. The summed E-state index contributed by atoms with van der Waals surface area (Å²) >= 11 is 3.34. The molecule has 0 unspecified atom stereocenters. The molecule has 0 atom stereocenters. The van der Waals surface area contributed by atoms with E-state index >= 15 is 0 Å². The summed E-state index contributed by atoms with van der Waals surface area (Å²) in [4.78, 5) is 4.41. The Kier molecular flexibility index (Phi) is 9.41. The van der Waals surface area contributed by atoms with Gasteiger partial charge in [0.05, 0.1) is 18.8 Å². The highest BCUT2D eigenvalue weighted by Crippen LogP contribution is 2.16. The molecular formula is C17H23BrFIN4O. The van der Waals surface area contributed by atoms with Crippen LogP contribution < -0.4 is 10.6 Å². The van der Waals surface area contributed by atoms with Gasteiger partial charge in [-0.1, -0.05) is 34.9 Å². The maximum atomic E-state index is 13.8. The second kappa shape index (κ2) is 10.7. The van der Waals surface area contributed by atoms with E-state index in [2.05, 4.69) is 50.6 Å². The smallest absolute Gasteiger partial charge is 0.191 e. The van der Waals surface area contributed by atoms with Crippen LogP contribution in [0.15, 0.2) is 38.3 Å². The highest BCUT2D eigenvalue weighted by molar-refractivity contribution is 14.0. The van der Waals surface area contributed by atoms with Gasteiger partial charge >= 0.3 is 0 Å². The van der Waals surface area contributed by atoms with Crippen molar-refractivity contribution >= 4 is 45.9 Å². The number of benzene rings is 1. The number of aliphatic imine (C=N–C) groups is 1. The highest BCUT2D eigenvalue weighted by atomic mass is 127. The minimum Gasteiger partial charge on any atom is -0.359 e. The number of hydrogen-bond donors (Lipinski definition) is 2. The largest absolute Gasteiger partial charge is 0.359 e. The molecule has 0 fully saturated rings. The first kappa shape index (κ1) is 21.9. The van der Waals surface area contributed by atoms with Gasteiger partial charge in [0.2, 0.25) is 0 Å². The molecule has 0 aliphatic carbocycles. The summed E-state index contributed by atoms with van der Waals surface area (Å²) < 4.78 is 19.9. The van der Waals surface area contributed by atoms with Crippen molar-refractivity contribution in [2.45, 2.75) is 39.8 Å². The van der Waals surface area contributed by atoms with Crippen LogP contribution in [0, 0.1) is 5.82 Å². The van der Waals surface area contributed by atoms with E-state index in [9.17, 15) is 4.39 Å². The molecule has 1 heterocycles. The molecule has 1 aromatic carbocycles. The van der Waals surface area contributed by atoms with Crippen LogP contribution in [0.25, 0.3) is 0 Å². The first-order chi connectivity index (χ1) is 11.5. The van der Waals surface area contributed by atoms with Crippen LogP contribution in [0.1, 0.15) is 43.7 Å². The molecule has 0 radical (unpaired) electrons.